The number of fused-ring (bicyclic) bond motifs is 2. The highest BCUT2D eigenvalue weighted by atomic mass is 35.5. The Labute approximate surface area is 165 Å². The summed E-state index contributed by atoms with van der Waals surface area (Å²) in [5.41, 5.74) is 9.12. The Hall–Kier alpha value is -2.05. The molecule has 2 aliphatic rings. The van der Waals surface area contributed by atoms with Crippen molar-refractivity contribution in [1.82, 2.24) is 15.1 Å². The van der Waals surface area contributed by atoms with E-state index in [4.69, 9.17) is 10.5 Å². The molecule has 1 atom stereocenters. The topological polar surface area (TPSA) is 84.2 Å². The van der Waals surface area contributed by atoms with Crippen LogP contribution in [0.5, 0.6) is 5.75 Å². The number of carbonyl (C=O) groups excluding carboxylic acids is 1. The number of halogens is 1. The van der Waals surface area contributed by atoms with E-state index in [9.17, 15) is 4.79 Å². The Kier molecular flexibility index (Phi) is 6.07. The van der Waals surface area contributed by atoms with E-state index in [0.717, 1.165) is 50.1 Å². The number of aromatic nitrogens is 2. The molecule has 2 heterocycles. The van der Waals surface area contributed by atoms with Crippen LogP contribution in [-0.2, 0) is 23.1 Å². The second-order valence-corrected chi connectivity index (χ2v) is 7.43. The lowest BCUT2D eigenvalue weighted by Crippen LogP contribution is -2.48. The number of hydrogen-bond acceptors (Lipinski definition) is 4. The van der Waals surface area contributed by atoms with Crippen molar-refractivity contribution in [3.05, 3.63) is 47.3 Å². The molecule has 3 N–H and O–H groups in total. The Morgan fingerprint density at radius 1 is 1.37 bits per heavy atom. The van der Waals surface area contributed by atoms with Gasteiger partial charge >= 0.3 is 0 Å². The van der Waals surface area contributed by atoms with Crippen molar-refractivity contribution in [1.29, 1.82) is 0 Å². The maximum atomic E-state index is 12.9. The molecule has 1 aliphatic carbocycles. The number of rotatable bonds is 5. The fourth-order valence-corrected chi connectivity index (χ4v) is 4.42. The lowest BCUT2D eigenvalue weighted by molar-refractivity contribution is -0.132. The molecule has 1 aromatic carbocycles. The molecule has 0 radical (unpaired) electrons. The average Bonchev–Trinajstić information content (AvgIpc) is 3.25. The molecule has 1 spiro atoms. The highest BCUT2D eigenvalue weighted by Crippen LogP contribution is 2.43. The van der Waals surface area contributed by atoms with E-state index in [-0.39, 0.29) is 23.7 Å². The van der Waals surface area contributed by atoms with Gasteiger partial charge in [-0.15, -0.1) is 12.4 Å². The molecule has 27 heavy (non-hydrogen) atoms. The summed E-state index contributed by atoms with van der Waals surface area (Å²) in [4.78, 5) is 15.0. The van der Waals surface area contributed by atoms with Crippen molar-refractivity contribution in [3.8, 4) is 5.75 Å². The number of piperidine rings is 1. The van der Waals surface area contributed by atoms with Gasteiger partial charge in [-0.2, -0.15) is 5.10 Å². The third kappa shape index (κ3) is 3.96. The molecule has 1 aromatic heterocycles. The number of hydrogen-bond donors (Lipinski definition) is 2. The van der Waals surface area contributed by atoms with E-state index in [1.165, 1.54) is 11.3 Å². The second kappa shape index (κ2) is 8.31. The van der Waals surface area contributed by atoms with Crippen molar-refractivity contribution in [2.75, 3.05) is 26.2 Å². The largest absolute Gasteiger partial charge is 0.492 e. The third-order valence-electron chi connectivity index (χ3n) is 5.69. The number of carbonyl (C=O) groups is 1. The summed E-state index contributed by atoms with van der Waals surface area (Å²) in [6.45, 7) is 2.60. The van der Waals surface area contributed by atoms with Gasteiger partial charge in [-0.25, -0.2) is 0 Å². The van der Waals surface area contributed by atoms with Gasteiger partial charge in [0.25, 0.3) is 0 Å². The Balaban J connectivity index is 0.00000210. The van der Waals surface area contributed by atoms with Crippen LogP contribution in [0.2, 0.25) is 0 Å². The zero-order valence-corrected chi connectivity index (χ0v) is 16.3. The first-order valence-electron chi connectivity index (χ1n) is 9.42. The van der Waals surface area contributed by atoms with E-state index in [1.54, 1.807) is 0 Å². The van der Waals surface area contributed by atoms with Crippen molar-refractivity contribution < 1.29 is 9.53 Å². The quantitative estimate of drug-likeness (QED) is 0.819. The minimum atomic E-state index is 0. The number of nitrogens with zero attached hydrogens (tertiary/aromatic N) is 2. The number of H-pyrrole nitrogens is 1. The van der Waals surface area contributed by atoms with Crippen molar-refractivity contribution in [2.45, 2.75) is 37.5 Å². The van der Waals surface area contributed by atoms with Gasteiger partial charge in [0.05, 0.1) is 12.6 Å². The van der Waals surface area contributed by atoms with Gasteiger partial charge in [-0.05, 0) is 48.9 Å². The van der Waals surface area contributed by atoms with E-state index in [1.807, 2.05) is 35.4 Å². The molecular formula is C20H27ClN4O2. The summed E-state index contributed by atoms with van der Waals surface area (Å²) in [5.74, 6) is 0.960. The number of nitrogens with one attached hydrogen (secondary N) is 1. The van der Waals surface area contributed by atoms with Gasteiger partial charge in [0.15, 0.2) is 0 Å². The lowest BCUT2D eigenvalue weighted by Gasteiger charge is -2.40. The Bertz CT molecular complexity index is 794. The fourth-order valence-electron chi connectivity index (χ4n) is 4.42. The zero-order valence-electron chi connectivity index (χ0n) is 15.4. The number of aryl methyl sites for hydroxylation is 1. The highest BCUT2D eigenvalue weighted by Gasteiger charge is 2.44. The lowest BCUT2D eigenvalue weighted by atomic mass is 9.77. The van der Waals surface area contributed by atoms with Crippen LogP contribution in [0.15, 0.2) is 30.5 Å². The maximum absolute atomic E-state index is 12.9. The molecule has 2 aromatic rings. The average molecular weight is 391 g/mol. The molecule has 6 nitrogen and oxygen atoms in total. The van der Waals surface area contributed by atoms with Gasteiger partial charge < -0.3 is 15.4 Å². The molecule has 7 heteroatoms. The summed E-state index contributed by atoms with van der Waals surface area (Å²) in [6, 6.07) is 7.75. The van der Waals surface area contributed by atoms with Crippen LogP contribution in [0.3, 0.4) is 0 Å². The number of aromatic amines is 1. The highest BCUT2D eigenvalue weighted by molar-refractivity contribution is 5.85. The first-order chi connectivity index (χ1) is 12.7. The van der Waals surface area contributed by atoms with Crippen LogP contribution in [0, 0.1) is 0 Å². The Morgan fingerprint density at radius 2 is 2.26 bits per heavy atom. The molecule has 1 unspecified atom stereocenters. The summed E-state index contributed by atoms with van der Waals surface area (Å²) in [7, 11) is 0. The summed E-state index contributed by atoms with van der Waals surface area (Å²) < 4.78 is 5.57. The van der Waals surface area contributed by atoms with Crippen LogP contribution in [-0.4, -0.2) is 47.2 Å². The van der Waals surface area contributed by atoms with Crippen molar-refractivity contribution in [3.63, 3.8) is 0 Å². The maximum Gasteiger partial charge on any atom is 0.227 e. The van der Waals surface area contributed by atoms with E-state index < -0.39 is 0 Å². The van der Waals surface area contributed by atoms with Gasteiger partial charge in [-0.1, -0.05) is 12.1 Å². The first kappa shape index (κ1) is 19.7. The summed E-state index contributed by atoms with van der Waals surface area (Å²) in [5, 5.41) is 7.41. The van der Waals surface area contributed by atoms with E-state index in [2.05, 4.69) is 10.2 Å². The van der Waals surface area contributed by atoms with Gasteiger partial charge in [-0.3, -0.25) is 9.89 Å². The minimum Gasteiger partial charge on any atom is -0.492 e. The van der Waals surface area contributed by atoms with E-state index in [0.29, 0.717) is 19.6 Å². The van der Waals surface area contributed by atoms with Crippen LogP contribution in [0.25, 0.3) is 0 Å². The summed E-state index contributed by atoms with van der Waals surface area (Å²) >= 11 is 0. The predicted octanol–water partition coefficient (Wildman–Crippen LogP) is 2.22. The normalized spacial score (nSPS) is 21.0. The van der Waals surface area contributed by atoms with Crippen molar-refractivity contribution in [2.24, 2.45) is 5.73 Å². The van der Waals surface area contributed by atoms with Gasteiger partial charge in [0.1, 0.15) is 12.4 Å². The molecular weight excluding hydrogens is 364 g/mol. The SMILES string of the molecule is Cl.NCCOc1cccc(CC(=O)N2CCCC3(CCc4cn[nH]c43)C2)c1. The molecule has 4 rings (SSSR count). The van der Waals surface area contributed by atoms with Crippen LogP contribution < -0.4 is 10.5 Å². The molecule has 1 saturated heterocycles. The molecule has 1 amide bonds. The van der Waals surface area contributed by atoms with Gasteiger partial charge in [0, 0.05) is 30.7 Å². The molecule has 1 aliphatic heterocycles. The molecule has 0 bridgehead atoms. The zero-order chi connectivity index (χ0) is 18.0. The fraction of sp³-hybridized carbons (Fsp3) is 0.500. The number of likely N-dealkylation sites (tertiary alicyclic amines) is 1. The smallest absolute Gasteiger partial charge is 0.227 e. The number of amides is 1. The Morgan fingerprint density at radius 3 is 3.11 bits per heavy atom. The second-order valence-electron chi connectivity index (χ2n) is 7.43. The van der Waals surface area contributed by atoms with Crippen LogP contribution >= 0.6 is 12.4 Å². The standard InChI is InChI=1S/C20H26N4O2.ClH/c21-8-10-26-17-4-1-3-15(11-17)12-18(25)24-9-2-6-20(14-24)7-5-16-13-22-23-19(16)20;/h1,3-4,11,13H,2,5-10,12,14,21H2,(H,22,23);1H. The first-order valence-corrected chi connectivity index (χ1v) is 9.42. The number of benzene rings is 1. The monoisotopic (exact) mass is 390 g/mol. The van der Waals surface area contributed by atoms with E-state index >= 15 is 0 Å². The van der Waals surface area contributed by atoms with Crippen LogP contribution in [0.4, 0.5) is 0 Å². The van der Waals surface area contributed by atoms with Gasteiger partial charge in [0.2, 0.25) is 5.91 Å². The van der Waals surface area contributed by atoms with Crippen LogP contribution in [0.1, 0.15) is 36.1 Å². The molecule has 0 saturated carbocycles. The summed E-state index contributed by atoms with van der Waals surface area (Å²) in [6.07, 6.45) is 6.71. The van der Waals surface area contributed by atoms with Crippen molar-refractivity contribution >= 4 is 18.3 Å². The molecule has 146 valence electrons. The molecule has 1 fully saturated rings. The number of nitrogens with two attached hydrogens (primary N) is 1. The predicted molar refractivity (Wildman–Crippen MR) is 106 cm³/mol. The minimum absolute atomic E-state index is 0. The third-order valence-corrected chi connectivity index (χ3v) is 5.69. The number of ether oxygens (including phenoxy) is 1.